The van der Waals surface area contributed by atoms with Gasteiger partial charge in [0.25, 0.3) is 0 Å². The lowest BCUT2D eigenvalue weighted by atomic mass is 10.2. The summed E-state index contributed by atoms with van der Waals surface area (Å²) in [4.78, 5) is 12.4. The van der Waals surface area contributed by atoms with Crippen molar-refractivity contribution in [3.05, 3.63) is 90.1 Å². The highest BCUT2D eigenvalue weighted by atomic mass is 16.5. The number of phenolic OH excluding ortho intramolecular Hbond substituents is 1. The third kappa shape index (κ3) is 4.33. The lowest BCUT2D eigenvalue weighted by molar-refractivity contribution is -0.111. The van der Waals surface area contributed by atoms with Crippen LogP contribution in [0.1, 0.15) is 11.1 Å². The zero-order valence-electron chi connectivity index (χ0n) is 16.4. The Morgan fingerprint density at radius 3 is 2.73 bits per heavy atom. The highest BCUT2D eigenvalue weighted by molar-refractivity contribution is 6.06. The van der Waals surface area contributed by atoms with Gasteiger partial charge in [-0.25, -0.2) is 0 Å². The smallest absolute Gasteiger partial charge is 0.248 e. The van der Waals surface area contributed by atoms with Gasteiger partial charge in [-0.1, -0.05) is 48.5 Å². The molecule has 0 radical (unpaired) electrons. The Labute approximate surface area is 174 Å². The van der Waals surface area contributed by atoms with Gasteiger partial charge in [0.05, 0.1) is 19.3 Å². The average Bonchev–Trinajstić information content (AvgIpc) is 3.16. The minimum Gasteiger partial charge on any atom is -0.504 e. The summed E-state index contributed by atoms with van der Waals surface area (Å²) in [6.45, 7) is 0.657. The third-order valence-electron chi connectivity index (χ3n) is 4.66. The van der Waals surface area contributed by atoms with Gasteiger partial charge < -0.3 is 15.2 Å². The summed E-state index contributed by atoms with van der Waals surface area (Å²) >= 11 is 0. The number of hydrogen-bond acceptors (Lipinski definition) is 4. The van der Waals surface area contributed by atoms with Crippen LogP contribution < -0.4 is 10.1 Å². The molecule has 3 aromatic carbocycles. The van der Waals surface area contributed by atoms with E-state index in [0.29, 0.717) is 23.5 Å². The molecular weight excluding hydrogens is 378 g/mol. The van der Waals surface area contributed by atoms with Crippen molar-refractivity contribution in [3.63, 3.8) is 0 Å². The van der Waals surface area contributed by atoms with E-state index in [1.54, 1.807) is 18.2 Å². The van der Waals surface area contributed by atoms with E-state index in [4.69, 9.17) is 4.74 Å². The van der Waals surface area contributed by atoms with Crippen molar-refractivity contribution in [3.8, 4) is 11.5 Å². The van der Waals surface area contributed by atoms with E-state index in [9.17, 15) is 9.90 Å². The number of anilines is 1. The van der Waals surface area contributed by atoms with Crippen LogP contribution in [0.25, 0.3) is 17.0 Å². The normalized spacial score (nSPS) is 11.1. The largest absolute Gasteiger partial charge is 0.504 e. The highest BCUT2D eigenvalue weighted by Gasteiger charge is 2.08. The monoisotopic (exact) mass is 399 g/mol. The Balaban J connectivity index is 1.50. The predicted molar refractivity (Wildman–Crippen MR) is 118 cm³/mol. The molecule has 0 aliphatic heterocycles. The number of rotatable bonds is 6. The number of carbonyl (C=O) groups excluding carboxylic acids is 1. The van der Waals surface area contributed by atoms with Crippen LogP contribution in [-0.4, -0.2) is 27.9 Å². The number of phenols is 1. The minimum absolute atomic E-state index is 0.0220. The first-order valence-electron chi connectivity index (χ1n) is 9.48. The maximum absolute atomic E-state index is 12.4. The molecule has 2 N–H and O–H groups in total. The molecule has 1 aromatic heterocycles. The van der Waals surface area contributed by atoms with Crippen LogP contribution in [0.5, 0.6) is 11.5 Å². The number of benzene rings is 3. The van der Waals surface area contributed by atoms with Gasteiger partial charge in [0, 0.05) is 17.7 Å². The van der Waals surface area contributed by atoms with E-state index < -0.39 is 0 Å². The molecule has 6 nitrogen and oxygen atoms in total. The first-order valence-corrected chi connectivity index (χ1v) is 9.48. The number of methoxy groups -OCH3 is 1. The molecule has 6 heteroatoms. The molecule has 1 heterocycles. The van der Waals surface area contributed by atoms with Gasteiger partial charge in [-0.3, -0.25) is 9.48 Å². The molecule has 0 saturated heterocycles. The number of fused-ring (bicyclic) bond motifs is 1. The van der Waals surface area contributed by atoms with Gasteiger partial charge in [-0.2, -0.15) is 5.10 Å². The number of ether oxygens (including phenoxy) is 1. The molecule has 0 bridgehead atoms. The number of hydrogen-bond donors (Lipinski definition) is 2. The fourth-order valence-corrected chi connectivity index (χ4v) is 3.20. The van der Waals surface area contributed by atoms with E-state index >= 15 is 0 Å². The second-order valence-corrected chi connectivity index (χ2v) is 6.81. The standard InChI is InChI=1S/C24H21N3O3/c1-30-22-12-10-17(14-21(22)28)11-13-23(29)25-20-9-5-8-19-16-27(26-24(19)20)15-18-6-3-2-4-7-18/h2-14,16,28H,15H2,1H3,(H,25,29). The summed E-state index contributed by atoms with van der Waals surface area (Å²) in [6, 6.07) is 20.7. The van der Waals surface area contributed by atoms with Crippen LogP contribution in [0, 0.1) is 0 Å². The maximum Gasteiger partial charge on any atom is 0.248 e. The fraction of sp³-hybridized carbons (Fsp3) is 0.0833. The van der Waals surface area contributed by atoms with E-state index in [2.05, 4.69) is 22.5 Å². The molecule has 150 valence electrons. The molecule has 30 heavy (non-hydrogen) atoms. The van der Waals surface area contributed by atoms with Gasteiger partial charge in [0.1, 0.15) is 5.52 Å². The molecule has 0 spiro atoms. The lowest BCUT2D eigenvalue weighted by Gasteiger charge is -2.04. The fourth-order valence-electron chi connectivity index (χ4n) is 3.20. The van der Waals surface area contributed by atoms with E-state index in [0.717, 1.165) is 16.5 Å². The van der Waals surface area contributed by atoms with Crippen molar-refractivity contribution in [2.75, 3.05) is 12.4 Å². The molecule has 0 atom stereocenters. The number of aromatic nitrogens is 2. The van der Waals surface area contributed by atoms with Crippen LogP contribution in [0.2, 0.25) is 0 Å². The van der Waals surface area contributed by atoms with Crippen LogP contribution >= 0.6 is 0 Å². The van der Waals surface area contributed by atoms with Crippen LogP contribution in [0.3, 0.4) is 0 Å². The van der Waals surface area contributed by atoms with Crippen molar-refractivity contribution < 1.29 is 14.6 Å². The Kier molecular flexibility index (Phi) is 5.48. The van der Waals surface area contributed by atoms with Gasteiger partial charge in [0.2, 0.25) is 5.91 Å². The van der Waals surface area contributed by atoms with Crippen molar-refractivity contribution in [1.29, 1.82) is 0 Å². The number of nitrogens with zero attached hydrogens (tertiary/aromatic N) is 2. The zero-order chi connectivity index (χ0) is 20.9. The number of aromatic hydroxyl groups is 1. The zero-order valence-corrected chi connectivity index (χ0v) is 16.4. The first kappa shape index (κ1) is 19.3. The summed E-state index contributed by atoms with van der Waals surface area (Å²) < 4.78 is 6.89. The molecular formula is C24H21N3O3. The summed E-state index contributed by atoms with van der Waals surface area (Å²) in [5.74, 6) is 0.124. The van der Waals surface area contributed by atoms with Gasteiger partial charge >= 0.3 is 0 Å². The Morgan fingerprint density at radius 1 is 1.13 bits per heavy atom. The van der Waals surface area contributed by atoms with Crippen molar-refractivity contribution in [1.82, 2.24) is 9.78 Å². The SMILES string of the molecule is COc1ccc(C=CC(=O)Nc2cccc3cn(Cc4ccccc4)nc23)cc1O. The highest BCUT2D eigenvalue weighted by Crippen LogP contribution is 2.27. The van der Waals surface area contributed by atoms with E-state index in [-0.39, 0.29) is 11.7 Å². The summed E-state index contributed by atoms with van der Waals surface area (Å²) in [6.07, 6.45) is 5.01. The average molecular weight is 399 g/mol. The summed E-state index contributed by atoms with van der Waals surface area (Å²) in [5, 5.41) is 18.3. The number of carbonyl (C=O) groups is 1. The van der Waals surface area contributed by atoms with Crippen molar-refractivity contribution in [2.45, 2.75) is 6.54 Å². The molecule has 0 saturated carbocycles. The lowest BCUT2D eigenvalue weighted by Crippen LogP contribution is -2.08. The van der Waals surface area contributed by atoms with Crippen LogP contribution in [-0.2, 0) is 11.3 Å². The number of nitrogens with one attached hydrogen (secondary N) is 1. The van der Waals surface area contributed by atoms with Crippen LogP contribution in [0.4, 0.5) is 5.69 Å². The third-order valence-corrected chi connectivity index (χ3v) is 4.66. The molecule has 0 fully saturated rings. The van der Waals surface area contributed by atoms with Crippen molar-refractivity contribution >= 4 is 28.6 Å². The quantitative estimate of drug-likeness (QED) is 0.470. The molecule has 4 aromatic rings. The summed E-state index contributed by atoms with van der Waals surface area (Å²) in [7, 11) is 1.49. The molecule has 0 unspecified atom stereocenters. The van der Waals surface area contributed by atoms with E-state index in [1.165, 1.54) is 19.3 Å². The molecule has 4 rings (SSSR count). The minimum atomic E-state index is -0.282. The van der Waals surface area contributed by atoms with Gasteiger partial charge in [-0.15, -0.1) is 0 Å². The van der Waals surface area contributed by atoms with Gasteiger partial charge in [-0.05, 0) is 35.4 Å². The second-order valence-electron chi connectivity index (χ2n) is 6.81. The Hall–Kier alpha value is -4.06. The first-order chi connectivity index (χ1) is 14.6. The predicted octanol–water partition coefficient (Wildman–Crippen LogP) is 4.45. The number of amides is 1. The Morgan fingerprint density at radius 2 is 1.97 bits per heavy atom. The molecule has 1 amide bonds. The van der Waals surface area contributed by atoms with Gasteiger partial charge in [0.15, 0.2) is 11.5 Å². The maximum atomic E-state index is 12.4. The molecule has 0 aliphatic rings. The topological polar surface area (TPSA) is 76.4 Å². The second kappa shape index (κ2) is 8.53. The van der Waals surface area contributed by atoms with E-state index in [1.807, 2.05) is 47.3 Å². The van der Waals surface area contributed by atoms with Crippen LogP contribution in [0.15, 0.2) is 79.0 Å². The Bertz CT molecular complexity index is 1210. The molecule has 0 aliphatic carbocycles. The summed E-state index contributed by atoms with van der Waals surface area (Å²) in [5.41, 5.74) is 3.22. The van der Waals surface area contributed by atoms with Crippen molar-refractivity contribution in [2.24, 2.45) is 0 Å².